The highest BCUT2D eigenvalue weighted by Gasteiger charge is 2.35. The van der Waals surface area contributed by atoms with Crippen LogP contribution < -0.4 is 4.90 Å². The maximum absolute atomic E-state index is 9.95. The molecule has 2 heteroatoms. The van der Waals surface area contributed by atoms with Crippen LogP contribution in [0.5, 0.6) is 0 Å². The number of nitrogens with zero attached hydrogens (tertiary/aromatic N) is 1. The summed E-state index contributed by atoms with van der Waals surface area (Å²) in [5, 5.41) is 9.95. The summed E-state index contributed by atoms with van der Waals surface area (Å²) in [5.41, 5.74) is 2.97. The second kappa shape index (κ2) is 5.77. The molecule has 20 heavy (non-hydrogen) atoms. The van der Waals surface area contributed by atoms with E-state index < -0.39 is 0 Å². The minimum absolute atomic E-state index is 0.378. The smallest absolute Gasteiger partial charge is 0.0781 e. The van der Waals surface area contributed by atoms with Gasteiger partial charge < -0.3 is 10.0 Å². The Bertz CT molecular complexity index is 438. The predicted molar refractivity (Wildman–Crippen MR) is 84.0 cm³/mol. The highest BCUT2D eigenvalue weighted by molar-refractivity contribution is 5.54. The maximum atomic E-state index is 9.95. The summed E-state index contributed by atoms with van der Waals surface area (Å²) < 4.78 is 0. The molecule has 1 saturated heterocycles. The van der Waals surface area contributed by atoms with Crippen LogP contribution in [0, 0.1) is 5.41 Å². The molecule has 0 unspecified atom stereocenters. The average Bonchev–Trinajstić information content (AvgIpc) is 2.49. The van der Waals surface area contributed by atoms with Crippen LogP contribution in [0.1, 0.15) is 63.5 Å². The SMILES string of the molecule is C[C@@H](O)c1ccccc1N1CCC2(CCCCC2)CC1. The Hall–Kier alpha value is -1.02. The molecule has 2 aliphatic rings. The molecular weight excluding hydrogens is 246 g/mol. The van der Waals surface area contributed by atoms with Gasteiger partial charge in [-0.1, -0.05) is 37.5 Å². The van der Waals surface area contributed by atoms with Gasteiger partial charge in [-0.25, -0.2) is 0 Å². The Morgan fingerprint density at radius 1 is 1.00 bits per heavy atom. The molecule has 0 radical (unpaired) electrons. The van der Waals surface area contributed by atoms with E-state index >= 15 is 0 Å². The van der Waals surface area contributed by atoms with Gasteiger partial charge >= 0.3 is 0 Å². The molecule has 0 bridgehead atoms. The van der Waals surface area contributed by atoms with E-state index in [0.717, 1.165) is 18.7 Å². The highest BCUT2D eigenvalue weighted by atomic mass is 16.3. The number of anilines is 1. The molecule has 1 aromatic rings. The van der Waals surface area contributed by atoms with Crippen LogP contribution in [0.15, 0.2) is 24.3 Å². The van der Waals surface area contributed by atoms with Crippen LogP contribution in [-0.2, 0) is 0 Å². The predicted octanol–water partition coefficient (Wildman–Crippen LogP) is 4.29. The van der Waals surface area contributed by atoms with Crippen molar-refractivity contribution in [1.82, 2.24) is 0 Å². The molecule has 1 aliphatic carbocycles. The minimum Gasteiger partial charge on any atom is -0.389 e. The van der Waals surface area contributed by atoms with Gasteiger partial charge in [-0.15, -0.1) is 0 Å². The normalized spacial score (nSPS) is 23.8. The van der Waals surface area contributed by atoms with Crippen LogP contribution in [0.2, 0.25) is 0 Å². The highest BCUT2D eigenvalue weighted by Crippen LogP contribution is 2.45. The quantitative estimate of drug-likeness (QED) is 0.869. The molecule has 3 rings (SSSR count). The standard InChI is InChI=1S/C18H27NO/c1-15(20)16-7-3-4-8-17(16)19-13-11-18(12-14-19)9-5-2-6-10-18/h3-4,7-8,15,20H,2,5-6,9-14H2,1H3/t15-/m1/s1. The molecule has 1 spiro atoms. The zero-order chi connectivity index (χ0) is 14.0. The summed E-state index contributed by atoms with van der Waals surface area (Å²) in [6.45, 7) is 4.18. The van der Waals surface area contributed by atoms with Crippen molar-refractivity contribution in [1.29, 1.82) is 0 Å². The molecule has 0 amide bonds. The van der Waals surface area contributed by atoms with E-state index in [0.29, 0.717) is 5.41 Å². The van der Waals surface area contributed by atoms with E-state index in [1.807, 2.05) is 13.0 Å². The summed E-state index contributed by atoms with van der Waals surface area (Å²) in [6, 6.07) is 8.34. The third-order valence-electron chi connectivity index (χ3n) is 5.47. The Labute approximate surface area is 122 Å². The van der Waals surface area contributed by atoms with Crippen molar-refractivity contribution < 1.29 is 5.11 Å². The van der Waals surface area contributed by atoms with Crippen LogP contribution in [0.25, 0.3) is 0 Å². The van der Waals surface area contributed by atoms with Crippen LogP contribution in [0.4, 0.5) is 5.69 Å². The van der Waals surface area contributed by atoms with Gasteiger partial charge in [0.25, 0.3) is 0 Å². The number of aliphatic hydroxyl groups is 1. The van der Waals surface area contributed by atoms with Crippen molar-refractivity contribution in [3.05, 3.63) is 29.8 Å². The van der Waals surface area contributed by atoms with Gasteiger partial charge in [-0.3, -0.25) is 0 Å². The maximum Gasteiger partial charge on any atom is 0.0781 e. The van der Waals surface area contributed by atoms with Gasteiger partial charge in [0.1, 0.15) is 0 Å². The number of para-hydroxylation sites is 1. The van der Waals surface area contributed by atoms with Crippen molar-refractivity contribution in [2.75, 3.05) is 18.0 Å². The largest absolute Gasteiger partial charge is 0.389 e. The Balaban J connectivity index is 1.72. The fraction of sp³-hybridized carbons (Fsp3) is 0.667. The number of aliphatic hydroxyl groups excluding tert-OH is 1. The van der Waals surface area contributed by atoms with E-state index in [1.54, 1.807) is 0 Å². The Morgan fingerprint density at radius 3 is 2.30 bits per heavy atom. The third-order valence-corrected chi connectivity index (χ3v) is 5.47. The van der Waals surface area contributed by atoms with Gasteiger partial charge in [-0.05, 0) is 44.1 Å². The lowest BCUT2D eigenvalue weighted by Gasteiger charge is -2.45. The molecule has 1 aromatic carbocycles. The molecule has 1 aliphatic heterocycles. The summed E-state index contributed by atoms with van der Waals surface area (Å²) in [6.07, 6.45) is 9.49. The first kappa shape index (κ1) is 13.9. The van der Waals surface area contributed by atoms with Crippen molar-refractivity contribution in [3.63, 3.8) is 0 Å². The first-order chi connectivity index (χ1) is 9.70. The summed E-state index contributed by atoms with van der Waals surface area (Å²) in [7, 11) is 0. The molecule has 2 fully saturated rings. The van der Waals surface area contributed by atoms with Crippen LogP contribution >= 0.6 is 0 Å². The van der Waals surface area contributed by atoms with Gasteiger partial charge in [0.05, 0.1) is 6.10 Å². The summed E-state index contributed by atoms with van der Waals surface area (Å²) in [5.74, 6) is 0. The molecule has 2 nitrogen and oxygen atoms in total. The van der Waals surface area contributed by atoms with Crippen molar-refractivity contribution >= 4 is 5.69 Å². The van der Waals surface area contributed by atoms with E-state index in [1.165, 1.54) is 50.6 Å². The fourth-order valence-corrected chi connectivity index (χ4v) is 4.15. The second-order valence-electron chi connectivity index (χ2n) is 6.78. The first-order valence-corrected chi connectivity index (χ1v) is 8.22. The van der Waals surface area contributed by atoms with E-state index in [4.69, 9.17) is 0 Å². The monoisotopic (exact) mass is 273 g/mol. The topological polar surface area (TPSA) is 23.5 Å². The van der Waals surface area contributed by atoms with Gasteiger partial charge in [0, 0.05) is 24.3 Å². The van der Waals surface area contributed by atoms with E-state index in [9.17, 15) is 5.11 Å². The van der Waals surface area contributed by atoms with Crippen molar-refractivity contribution in [2.24, 2.45) is 5.41 Å². The zero-order valence-electron chi connectivity index (χ0n) is 12.6. The number of rotatable bonds is 2. The lowest BCUT2D eigenvalue weighted by Crippen LogP contribution is -2.41. The van der Waals surface area contributed by atoms with Crippen LogP contribution in [0.3, 0.4) is 0 Å². The van der Waals surface area contributed by atoms with Gasteiger partial charge in [0.15, 0.2) is 0 Å². The average molecular weight is 273 g/mol. The third kappa shape index (κ3) is 2.71. The summed E-state index contributed by atoms with van der Waals surface area (Å²) >= 11 is 0. The van der Waals surface area contributed by atoms with Gasteiger partial charge in [-0.2, -0.15) is 0 Å². The fourth-order valence-electron chi connectivity index (χ4n) is 4.15. The molecule has 0 aromatic heterocycles. The van der Waals surface area contributed by atoms with E-state index in [2.05, 4.69) is 23.1 Å². The van der Waals surface area contributed by atoms with Crippen molar-refractivity contribution in [3.8, 4) is 0 Å². The number of hydrogen-bond acceptors (Lipinski definition) is 2. The molecule has 1 atom stereocenters. The molecule has 1 N–H and O–H groups in total. The van der Waals surface area contributed by atoms with Crippen molar-refractivity contribution in [2.45, 2.75) is 58.0 Å². The molecule has 1 heterocycles. The number of hydrogen-bond donors (Lipinski definition) is 1. The van der Waals surface area contributed by atoms with Gasteiger partial charge in [0.2, 0.25) is 0 Å². The zero-order valence-corrected chi connectivity index (χ0v) is 12.6. The number of piperidine rings is 1. The summed E-state index contributed by atoms with van der Waals surface area (Å²) in [4.78, 5) is 2.49. The lowest BCUT2D eigenvalue weighted by atomic mass is 9.68. The Morgan fingerprint density at radius 2 is 1.65 bits per heavy atom. The van der Waals surface area contributed by atoms with Crippen LogP contribution in [-0.4, -0.2) is 18.2 Å². The van der Waals surface area contributed by atoms with E-state index in [-0.39, 0.29) is 6.10 Å². The first-order valence-electron chi connectivity index (χ1n) is 8.22. The lowest BCUT2D eigenvalue weighted by molar-refractivity contribution is 0.144. The number of benzene rings is 1. The molecule has 110 valence electrons. The second-order valence-corrected chi connectivity index (χ2v) is 6.78. The minimum atomic E-state index is -0.378. The Kier molecular flexibility index (Phi) is 4.02. The molecular formula is C18H27NO. The molecule has 1 saturated carbocycles.